The molecule has 1 aromatic heterocycles. The number of aliphatic hydroxyl groups is 1. The molecular formula is C11H18BrN3O. The maximum absolute atomic E-state index is 9.49. The first kappa shape index (κ1) is 13.3. The van der Waals surface area contributed by atoms with Gasteiger partial charge >= 0.3 is 0 Å². The summed E-state index contributed by atoms with van der Waals surface area (Å²) in [6.45, 7) is 4.16. The molecule has 0 aliphatic rings. The standard InChI is InChI=1S/C11H18BrN3O/c1-3-11(4-2,7-16)15-10-8(12)5-14-6-9(10)13/h5-6,16H,3-4,7,13H2,1-2H3,(H,14,15). The summed E-state index contributed by atoms with van der Waals surface area (Å²) in [4.78, 5) is 3.98. The summed E-state index contributed by atoms with van der Waals surface area (Å²) < 4.78 is 0.812. The Hall–Kier alpha value is -0.810. The van der Waals surface area contributed by atoms with Crippen LogP contribution in [0.4, 0.5) is 11.4 Å². The Balaban J connectivity index is 3.02. The summed E-state index contributed by atoms with van der Waals surface area (Å²) in [6.07, 6.45) is 4.94. The zero-order valence-corrected chi connectivity index (χ0v) is 11.2. The summed E-state index contributed by atoms with van der Waals surface area (Å²) >= 11 is 3.40. The van der Waals surface area contributed by atoms with E-state index in [-0.39, 0.29) is 12.1 Å². The molecule has 0 aromatic carbocycles. The van der Waals surface area contributed by atoms with Crippen LogP contribution in [-0.4, -0.2) is 22.2 Å². The van der Waals surface area contributed by atoms with Crippen LogP contribution in [0.3, 0.4) is 0 Å². The van der Waals surface area contributed by atoms with Gasteiger partial charge in [0, 0.05) is 6.20 Å². The molecule has 4 nitrogen and oxygen atoms in total. The van der Waals surface area contributed by atoms with Gasteiger partial charge in [0.2, 0.25) is 0 Å². The molecule has 4 N–H and O–H groups in total. The molecule has 1 aromatic rings. The number of rotatable bonds is 5. The summed E-state index contributed by atoms with van der Waals surface area (Å²) in [5, 5.41) is 12.8. The van der Waals surface area contributed by atoms with Crippen molar-refractivity contribution in [3.63, 3.8) is 0 Å². The van der Waals surface area contributed by atoms with Crippen molar-refractivity contribution in [2.75, 3.05) is 17.7 Å². The van der Waals surface area contributed by atoms with E-state index in [1.54, 1.807) is 12.4 Å². The fourth-order valence-corrected chi connectivity index (χ4v) is 1.98. The molecule has 0 fully saturated rings. The molecule has 0 aliphatic heterocycles. The van der Waals surface area contributed by atoms with Crippen molar-refractivity contribution in [2.45, 2.75) is 32.2 Å². The third-order valence-electron chi connectivity index (χ3n) is 2.98. The summed E-state index contributed by atoms with van der Waals surface area (Å²) in [6, 6.07) is 0. The van der Waals surface area contributed by atoms with Crippen molar-refractivity contribution in [1.82, 2.24) is 4.98 Å². The molecule has 5 heteroatoms. The second-order valence-corrected chi connectivity index (χ2v) is 4.71. The number of nitrogens with zero attached hydrogens (tertiary/aromatic N) is 1. The summed E-state index contributed by atoms with van der Waals surface area (Å²) in [5.41, 5.74) is 6.91. The molecule has 1 heterocycles. The zero-order valence-electron chi connectivity index (χ0n) is 9.63. The monoisotopic (exact) mass is 287 g/mol. The van der Waals surface area contributed by atoms with Crippen LogP contribution in [0.2, 0.25) is 0 Å². The highest BCUT2D eigenvalue weighted by atomic mass is 79.9. The maximum atomic E-state index is 9.49. The van der Waals surface area contributed by atoms with Gasteiger partial charge in [-0.3, -0.25) is 4.98 Å². The first-order valence-corrected chi connectivity index (χ1v) is 6.16. The minimum atomic E-state index is -0.321. The predicted octanol–water partition coefficient (Wildman–Crippen LogP) is 2.39. The molecule has 0 atom stereocenters. The van der Waals surface area contributed by atoms with Gasteiger partial charge in [-0.15, -0.1) is 0 Å². The van der Waals surface area contributed by atoms with Crippen LogP contribution in [-0.2, 0) is 0 Å². The van der Waals surface area contributed by atoms with Gasteiger partial charge < -0.3 is 16.2 Å². The number of pyridine rings is 1. The van der Waals surface area contributed by atoms with Crippen LogP contribution in [0.1, 0.15) is 26.7 Å². The number of halogens is 1. The molecule has 0 saturated carbocycles. The average Bonchev–Trinajstić information content (AvgIpc) is 2.30. The van der Waals surface area contributed by atoms with Gasteiger partial charge in [-0.05, 0) is 28.8 Å². The predicted molar refractivity (Wildman–Crippen MR) is 70.4 cm³/mol. The van der Waals surface area contributed by atoms with E-state index < -0.39 is 0 Å². The highest BCUT2D eigenvalue weighted by Crippen LogP contribution is 2.31. The minimum absolute atomic E-state index is 0.0776. The largest absolute Gasteiger partial charge is 0.396 e. The summed E-state index contributed by atoms with van der Waals surface area (Å²) in [5.74, 6) is 0. The van der Waals surface area contributed by atoms with Crippen LogP contribution in [0.5, 0.6) is 0 Å². The molecule has 0 unspecified atom stereocenters. The van der Waals surface area contributed by atoms with Crippen LogP contribution < -0.4 is 11.1 Å². The number of nitrogen functional groups attached to an aromatic ring is 1. The number of hydrogen-bond acceptors (Lipinski definition) is 4. The van der Waals surface area contributed by atoms with Gasteiger partial charge in [-0.25, -0.2) is 0 Å². The highest BCUT2D eigenvalue weighted by molar-refractivity contribution is 9.10. The van der Waals surface area contributed by atoms with Gasteiger partial charge in [0.25, 0.3) is 0 Å². The Morgan fingerprint density at radius 1 is 1.44 bits per heavy atom. The molecule has 0 amide bonds. The van der Waals surface area contributed by atoms with Crippen LogP contribution >= 0.6 is 15.9 Å². The van der Waals surface area contributed by atoms with Crippen molar-refractivity contribution >= 4 is 27.3 Å². The number of hydrogen-bond donors (Lipinski definition) is 3. The number of aliphatic hydroxyl groups excluding tert-OH is 1. The van der Waals surface area contributed by atoms with Gasteiger partial charge in [0.05, 0.1) is 34.2 Å². The molecule has 90 valence electrons. The number of aromatic nitrogens is 1. The van der Waals surface area contributed by atoms with E-state index in [1.807, 2.05) is 13.8 Å². The fourth-order valence-electron chi connectivity index (χ4n) is 1.54. The van der Waals surface area contributed by atoms with E-state index >= 15 is 0 Å². The Morgan fingerprint density at radius 2 is 2.06 bits per heavy atom. The fraction of sp³-hybridized carbons (Fsp3) is 0.545. The third-order valence-corrected chi connectivity index (χ3v) is 3.58. The maximum Gasteiger partial charge on any atom is 0.0755 e. The first-order chi connectivity index (χ1) is 7.58. The van der Waals surface area contributed by atoms with E-state index in [1.165, 1.54) is 0 Å². The minimum Gasteiger partial charge on any atom is -0.396 e. The molecule has 1 rings (SSSR count). The van der Waals surface area contributed by atoms with Crippen molar-refractivity contribution in [2.24, 2.45) is 0 Å². The quantitative estimate of drug-likeness (QED) is 0.778. The Morgan fingerprint density at radius 3 is 2.50 bits per heavy atom. The lowest BCUT2D eigenvalue weighted by Gasteiger charge is -2.32. The molecule has 0 radical (unpaired) electrons. The lowest BCUT2D eigenvalue weighted by Crippen LogP contribution is -2.41. The van der Waals surface area contributed by atoms with E-state index in [2.05, 4.69) is 26.2 Å². The molecular weight excluding hydrogens is 270 g/mol. The van der Waals surface area contributed by atoms with E-state index in [0.717, 1.165) is 23.0 Å². The van der Waals surface area contributed by atoms with Gasteiger partial charge in [0.15, 0.2) is 0 Å². The Kier molecular flexibility index (Phi) is 4.56. The number of nitrogens with one attached hydrogen (secondary N) is 1. The van der Waals surface area contributed by atoms with Gasteiger partial charge in [0.1, 0.15) is 0 Å². The summed E-state index contributed by atoms with van der Waals surface area (Å²) in [7, 11) is 0. The van der Waals surface area contributed by atoms with Crippen LogP contribution in [0.25, 0.3) is 0 Å². The SMILES string of the molecule is CCC(CC)(CO)Nc1c(N)cncc1Br. The Bertz CT molecular complexity index is 325. The molecule has 0 spiro atoms. The smallest absolute Gasteiger partial charge is 0.0755 e. The van der Waals surface area contributed by atoms with Crippen molar-refractivity contribution in [3.8, 4) is 0 Å². The lowest BCUT2D eigenvalue weighted by atomic mass is 9.93. The van der Waals surface area contributed by atoms with E-state index in [4.69, 9.17) is 5.73 Å². The lowest BCUT2D eigenvalue weighted by molar-refractivity contribution is 0.202. The van der Waals surface area contributed by atoms with Crippen molar-refractivity contribution in [1.29, 1.82) is 0 Å². The number of nitrogens with two attached hydrogens (primary N) is 1. The Labute approximate surface area is 104 Å². The van der Waals surface area contributed by atoms with Gasteiger partial charge in [-0.2, -0.15) is 0 Å². The van der Waals surface area contributed by atoms with Gasteiger partial charge in [-0.1, -0.05) is 13.8 Å². The molecule has 0 bridgehead atoms. The van der Waals surface area contributed by atoms with Crippen LogP contribution in [0, 0.1) is 0 Å². The average molecular weight is 288 g/mol. The molecule has 0 saturated heterocycles. The second kappa shape index (κ2) is 5.50. The van der Waals surface area contributed by atoms with E-state index in [9.17, 15) is 5.11 Å². The number of anilines is 2. The van der Waals surface area contributed by atoms with Crippen molar-refractivity contribution < 1.29 is 5.11 Å². The second-order valence-electron chi connectivity index (χ2n) is 3.86. The first-order valence-electron chi connectivity index (χ1n) is 5.36. The van der Waals surface area contributed by atoms with Crippen LogP contribution in [0.15, 0.2) is 16.9 Å². The third kappa shape index (κ3) is 2.65. The van der Waals surface area contributed by atoms with E-state index in [0.29, 0.717) is 5.69 Å². The normalized spacial score (nSPS) is 11.5. The topological polar surface area (TPSA) is 71.2 Å². The zero-order chi connectivity index (χ0) is 12.2. The molecule has 16 heavy (non-hydrogen) atoms. The van der Waals surface area contributed by atoms with Crippen molar-refractivity contribution in [3.05, 3.63) is 16.9 Å². The molecule has 0 aliphatic carbocycles. The highest BCUT2D eigenvalue weighted by Gasteiger charge is 2.26.